The van der Waals surface area contributed by atoms with E-state index in [9.17, 15) is 27.2 Å². The maximum Gasteiger partial charge on any atom is 0.419 e. The summed E-state index contributed by atoms with van der Waals surface area (Å²) in [7, 11) is 0. The van der Waals surface area contributed by atoms with Crippen molar-refractivity contribution in [1.82, 2.24) is 4.90 Å². The summed E-state index contributed by atoms with van der Waals surface area (Å²) in [5.74, 6) is -2.27. The molecule has 166 valence electrons. The normalized spacial score (nSPS) is 13.9. The number of amides is 2. The van der Waals surface area contributed by atoms with Crippen LogP contribution < -0.4 is 5.32 Å². The number of nitrogens with one attached hydrogen (secondary N) is 1. The molecule has 1 aliphatic rings. The number of halogens is 5. The standard InChI is InChI=1S/C22H21ClF4N2O2/c1-12(2)21(31)29-9-8-15-14(11-29)6-7-17(23)20(15)28-18(30)10-13-4-3-5-16(19(13)24)22(25,26)27/h3-7,12H,8-11H2,1-2H3,(H,28,30). The lowest BCUT2D eigenvalue weighted by molar-refractivity contribution is -0.140. The number of rotatable bonds is 4. The Morgan fingerprint density at radius 2 is 1.90 bits per heavy atom. The SMILES string of the molecule is CC(C)C(=O)N1CCc2c(ccc(Cl)c2NC(=O)Cc2cccc(C(F)(F)F)c2F)C1. The number of benzene rings is 2. The van der Waals surface area contributed by atoms with E-state index in [1.165, 1.54) is 0 Å². The van der Waals surface area contributed by atoms with Gasteiger partial charge < -0.3 is 10.2 Å². The van der Waals surface area contributed by atoms with Crippen molar-refractivity contribution >= 4 is 29.1 Å². The number of nitrogens with zero attached hydrogens (tertiary/aromatic N) is 1. The Morgan fingerprint density at radius 3 is 2.55 bits per heavy atom. The van der Waals surface area contributed by atoms with Crippen molar-refractivity contribution in [1.29, 1.82) is 0 Å². The molecule has 1 aliphatic heterocycles. The number of carbonyl (C=O) groups excluding carboxylic acids is 2. The lowest BCUT2D eigenvalue weighted by Crippen LogP contribution is -2.38. The highest BCUT2D eigenvalue weighted by molar-refractivity contribution is 6.34. The number of anilines is 1. The third-order valence-electron chi connectivity index (χ3n) is 5.16. The van der Waals surface area contributed by atoms with E-state index in [0.717, 1.165) is 23.3 Å². The number of hydrogen-bond donors (Lipinski definition) is 1. The highest BCUT2D eigenvalue weighted by Crippen LogP contribution is 2.34. The van der Waals surface area contributed by atoms with Gasteiger partial charge in [0.15, 0.2) is 0 Å². The van der Waals surface area contributed by atoms with Crippen molar-refractivity contribution in [2.24, 2.45) is 5.92 Å². The quantitative estimate of drug-likeness (QED) is 0.641. The Kier molecular flexibility index (Phi) is 6.59. The van der Waals surface area contributed by atoms with Gasteiger partial charge in [0.25, 0.3) is 0 Å². The predicted molar refractivity (Wildman–Crippen MR) is 109 cm³/mol. The van der Waals surface area contributed by atoms with Crippen LogP contribution in [0.1, 0.15) is 36.1 Å². The minimum absolute atomic E-state index is 0.0196. The molecule has 3 rings (SSSR count). The first-order valence-electron chi connectivity index (χ1n) is 9.72. The van der Waals surface area contributed by atoms with Crippen LogP contribution >= 0.6 is 11.6 Å². The van der Waals surface area contributed by atoms with Gasteiger partial charge in [0, 0.05) is 19.0 Å². The van der Waals surface area contributed by atoms with Gasteiger partial charge in [-0.25, -0.2) is 4.39 Å². The first-order chi connectivity index (χ1) is 14.5. The average Bonchev–Trinajstić information content (AvgIpc) is 2.69. The summed E-state index contributed by atoms with van der Waals surface area (Å²) in [5.41, 5.74) is 0.154. The second kappa shape index (κ2) is 8.86. The third-order valence-corrected chi connectivity index (χ3v) is 5.47. The highest BCUT2D eigenvalue weighted by Gasteiger charge is 2.35. The Hall–Kier alpha value is -2.61. The molecule has 2 aromatic carbocycles. The van der Waals surface area contributed by atoms with Crippen molar-refractivity contribution in [3.8, 4) is 0 Å². The van der Waals surface area contributed by atoms with Crippen molar-refractivity contribution < 1.29 is 27.2 Å². The van der Waals surface area contributed by atoms with E-state index in [2.05, 4.69) is 5.32 Å². The van der Waals surface area contributed by atoms with E-state index >= 15 is 0 Å². The Balaban J connectivity index is 1.81. The summed E-state index contributed by atoms with van der Waals surface area (Å²) < 4.78 is 53.0. The van der Waals surface area contributed by atoms with Crippen molar-refractivity contribution in [2.75, 3.05) is 11.9 Å². The monoisotopic (exact) mass is 456 g/mol. The topological polar surface area (TPSA) is 49.4 Å². The zero-order valence-electron chi connectivity index (χ0n) is 16.9. The predicted octanol–water partition coefficient (Wildman–Crippen LogP) is 5.22. The Bertz CT molecular complexity index is 1020. The summed E-state index contributed by atoms with van der Waals surface area (Å²) in [4.78, 5) is 26.5. The lowest BCUT2D eigenvalue weighted by atomic mass is 9.96. The van der Waals surface area contributed by atoms with E-state index in [0.29, 0.717) is 31.3 Å². The minimum Gasteiger partial charge on any atom is -0.338 e. The van der Waals surface area contributed by atoms with Gasteiger partial charge >= 0.3 is 6.18 Å². The van der Waals surface area contributed by atoms with Gasteiger partial charge in [0.2, 0.25) is 11.8 Å². The van der Waals surface area contributed by atoms with E-state index < -0.39 is 29.9 Å². The summed E-state index contributed by atoms with van der Waals surface area (Å²) >= 11 is 6.26. The van der Waals surface area contributed by atoms with Gasteiger partial charge in [-0.2, -0.15) is 13.2 Å². The second-order valence-electron chi connectivity index (χ2n) is 7.73. The Morgan fingerprint density at radius 1 is 1.19 bits per heavy atom. The molecule has 0 radical (unpaired) electrons. The third kappa shape index (κ3) is 5.01. The van der Waals surface area contributed by atoms with Gasteiger partial charge in [0.05, 0.1) is 22.7 Å². The molecule has 0 atom stereocenters. The number of carbonyl (C=O) groups is 2. The van der Waals surface area contributed by atoms with Crippen LogP contribution in [0.25, 0.3) is 0 Å². The fourth-order valence-corrected chi connectivity index (χ4v) is 3.83. The molecule has 0 aliphatic carbocycles. The van der Waals surface area contributed by atoms with Crippen LogP contribution in [0.5, 0.6) is 0 Å². The zero-order chi connectivity index (χ0) is 22.9. The molecular weight excluding hydrogens is 436 g/mol. The van der Waals surface area contributed by atoms with Crippen molar-refractivity contribution in [2.45, 2.75) is 39.4 Å². The van der Waals surface area contributed by atoms with Crippen LogP contribution in [0, 0.1) is 11.7 Å². The van der Waals surface area contributed by atoms with Gasteiger partial charge in [-0.3, -0.25) is 9.59 Å². The molecule has 1 N–H and O–H groups in total. The van der Waals surface area contributed by atoms with Crippen LogP contribution in [-0.2, 0) is 35.2 Å². The van der Waals surface area contributed by atoms with Crippen molar-refractivity contribution in [3.63, 3.8) is 0 Å². The summed E-state index contributed by atoms with van der Waals surface area (Å²) in [6.07, 6.45) is -4.97. The molecule has 1 heterocycles. The molecule has 0 fully saturated rings. The highest BCUT2D eigenvalue weighted by atomic mass is 35.5. The summed E-state index contributed by atoms with van der Waals surface area (Å²) in [5, 5.41) is 2.88. The molecule has 0 aromatic heterocycles. The first-order valence-corrected chi connectivity index (χ1v) is 10.1. The van der Waals surface area contributed by atoms with Crippen LogP contribution in [-0.4, -0.2) is 23.3 Å². The van der Waals surface area contributed by atoms with E-state index in [1.807, 2.05) is 13.8 Å². The smallest absolute Gasteiger partial charge is 0.338 e. The molecule has 2 aromatic rings. The first kappa shape index (κ1) is 23.1. The molecule has 0 saturated heterocycles. The van der Waals surface area contributed by atoms with Crippen LogP contribution in [0.15, 0.2) is 30.3 Å². The van der Waals surface area contributed by atoms with Gasteiger partial charge in [-0.05, 0) is 35.2 Å². The molecule has 0 saturated carbocycles. The Labute approximate surface area is 182 Å². The fraction of sp³-hybridized carbons (Fsp3) is 0.364. The number of hydrogen-bond acceptors (Lipinski definition) is 2. The maximum atomic E-state index is 14.2. The van der Waals surface area contributed by atoms with E-state index in [-0.39, 0.29) is 22.4 Å². The largest absolute Gasteiger partial charge is 0.419 e. The number of alkyl halides is 3. The number of fused-ring (bicyclic) bond motifs is 1. The molecule has 0 unspecified atom stereocenters. The van der Waals surface area contributed by atoms with Gasteiger partial charge in [0.1, 0.15) is 5.82 Å². The summed E-state index contributed by atoms with van der Waals surface area (Å²) in [6.45, 7) is 4.46. The minimum atomic E-state index is -4.85. The van der Waals surface area contributed by atoms with Crippen LogP contribution in [0.4, 0.5) is 23.2 Å². The van der Waals surface area contributed by atoms with Crippen LogP contribution in [0.3, 0.4) is 0 Å². The van der Waals surface area contributed by atoms with Crippen LogP contribution in [0.2, 0.25) is 5.02 Å². The maximum absolute atomic E-state index is 14.2. The second-order valence-corrected chi connectivity index (χ2v) is 8.13. The molecule has 9 heteroatoms. The molecule has 0 spiro atoms. The zero-order valence-corrected chi connectivity index (χ0v) is 17.7. The van der Waals surface area contributed by atoms with Gasteiger partial charge in [-0.1, -0.05) is 43.6 Å². The molecule has 4 nitrogen and oxygen atoms in total. The van der Waals surface area contributed by atoms with Crippen molar-refractivity contribution in [3.05, 3.63) is 63.4 Å². The van der Waals surface area contributed by atoms with Gasteiger partial charge in [-0.15, -0.1) is 0 Å². The van der Waals surface area contributed by atoms with E-state index in [4.69, 9.17) is 11.6 Å². The molecule has 0 bridgehead atoms. The van der Waals surface area contributed by atoms with E-state index in [1.54, 1.807) is 17.0 Å². The average molecular weight is 457 g/mol. The lowest BCUT2D eigenvalue weighted by Gasteiger charge is -2.31. The fourth-order valence-electron chi connectivity index (χ4n) is 3.61. The molecular formula is C22H21ClF4N2O2. The molecule has 31 heavy (non-hydrogen) atoms. The summed E-state index contributed by atoms with van der Waals surface area (Å²) in [6, 6.07) is 6.20. The molecule has 2 amide bonds.